The molecule has 1 atom stereocenters. The molecule has 0 saturated carbocycles. The van der Waals surface area contributed by atoms with Gasteiger partial charge in [-0.1, -0.05) is 58.1 Å². The summed E-state index contributed by atoms with van der Waals surface area (Å²) < 4.78 is 6.07. The monoisotopic (exact) mass is 376 g/mol. The molecule has 0 aromatic heterocycles. The molecule has 0 heterocycles. The molecule has 18 heavy (non-hydrogen) atoms. The molecule has 0 fully saturated rings. The van der Waals surface area contributed by atoms with Crippen LogP contribution in [0.1, 0.15) is 51.9 Å². The van der Waals surface area contributed by atoms with Gasteiger partial charge in [0.25, 0.3) is 0 Å². The molecule has 0 aromatic rings. The van der Waals surface area contributed by atoms with E-state index >= 15 is 0 Å². The van der Waals surface area contributed by atoms with Gasteiger partial charge in [0.2, 0.25) is 0 Å². The summed E-state index contributed by atoms with van der Waals surface area (Å²) in [7, 11) is 0. The second kappa shape index (κ2) is 8.98. The summed E-state index contributed by atoms with van der Waals surface area (Å²) in [5, 5.41) is 0. The Labute approximate surface area is 128 Å². The van der Waals surface area contributed by atoms with Crippen molar-refractivity contribution in [2.24, 2.45) is 5.92 Å². The van der Waals surface area contributed by atoms with E-state index in [1.54, 1.807) is 0 Å². The van der Waals surface area contributed by atoms with Gasteiger partial charge in [-0.05, 0) is 34.0 Å². The molecule has 1 aliphatic carbocycles. The van der Waals surface area contributed by atoms with Gasteiger partial charge in [0.1, 0.15) is 0 Å². The van der Waals surface area contributed by atoms with Crippen LogP contribution in [0.3, 0.4) is 0 Å². The first kappa shape index (κ1) is 16.0. The number of hydrogen-bond donors (Lipinski definition) is 0. The fourth-order valence-electron chi connectivity index (χ4n) is 2.19. The highest BCUT2D eigenvalue weighted by molar-refractivity contribution is 9.12. The van der Waals surface area contributed by atoms with E-state index in [2.05, 4.69) is 51.8 Å². The van der Waals surface area contributed by atoms with Crippen LogP contribution in [0.5, 0.6) is 0 Å². The number of allylic oxidation sites excluding steroid dienone is 4. The molecule has 1 unspecified atom stereocenters. The SMILES string of the molecule is C=C1C(Br)=C(OBr)C=CC1CCCCCCCC. The van der Waals surface area contributed by atoms with Gasteiger partial charge >= 0.3 is 0 Å². The van der Waals surface area contributed by atoms with E-state index in [0.717, 1.165) is 15.8 Å². The van der Waals surface area contributed by atoms with Crippen LogP contribution in [0.4, 0.5) is 0 Å². The first-order valence-corrected chi connectivity index (χ1v) is 8.20. The molecule has 3 heteroatoms. The molecule has 0 aromatic carbocycles. The van der Waals surface area contributed by atoms with Gasteiger partial charge in [-0.3, -0.25) is 0 Å². The molecule has 0 saturated heterocycles. The normalized spacial score (nSPS) is 19.5. The first-order chi connectivity index (χ1) is 8.70. The van der Waals surface area contributed by atoms with E-state index in [1.165, 1.54) is 44.9 Å². The van der Waals surface area contributed by atoms with Gasteiger partial charge in [-0.2, -0.15) is 0 Å². The minimum Gasteiger partial charge on any atom is -0.417 e. The lowest BCUT2D eigenvalue weighted by molar-refractivity contribution is 0.525. The second-order valence-electron chi connectivity index (χ2n) is 4.80. The lowest BCUT2D eigenvalue weighted by Crippen LogP contribution is -2.06. The molecule has 0 aliphatic heterocycles. The van der Waals surface area contributed by atoms with Crippen molar-refractivity contribution in [1.82, 2.24) is 0 Å². The Balaban J connectivity index is 2.27. The second-order valence-corrected chi connectivity index (χ2v) is 5.92. The third kappa shape index (κ3) is 4.93. The highest BCUT2D eigenvalue weighted by atomic mass is 79.9. The van der Waals surface area contributed by atoms with Crippen molar-refractivity contribution >= 4 is 32.2 Å². The van der Waals surface area contributed by atoms with Crippen molar-refractivity contribution in [1.29, 1.82) is 0 Å². The summed E-state index contributed by atoms with van der Waals surface area (Å²) in [6.07, 6.45) is 13.4. The van der Waals surface area contributed by atoms with Gasteiger partial charge in [-0.15, -0.1) is 0 Å². The number of rotatable bonds is 8. The zero-order valence-electron chi connectivity index (χ0n) is 11.1. The van der Waals surface area contributed by atoms with Crippen molar-refractivity contribution in [3.05, 3.63) is 34.5 Å². The average Bonchev–Trinajstić information content (AvgIpc) is 2.38. The summed E-state index contributed by atoms with van der Waals surface area (Å²) in [5.74, 6) is 1.26. The summed E-state index contributed by atoms with van der Waals surface area (Å²) >= 11 is 6.54. The molecule has 102 valence electrons. The summed E-state index contributed by atoms with van der Waals surface area (Å²) in [6.45, 7) is 6.40. The molecule has 1 nitrogen and oxygen atoms in total. The molecule has 0 spiro atoms. The van der Waals surface area contributed by atoms with Crippen molar-refractivity contribution in [3.8, 4) is 0 Å². The van der Waals surface area contributed by atoms with Crippen LogP contribution in [-0.4, -0.2) is 0 Å². The molecule has 0 radical (unpaired) electrons. The Morgan fingerprint density at radius 3 is 2.56 bits per heavy atom. The van der Waals surface area contributed by atoms with Crippen LogP contribution in [0, 0.1) is 5.92 Å². The highest BCUT2D eigenvalue weighted by Crippen LogP contribution is 2.36. The van der Waals surface area contributed by atoms with Crippen LogP contribution in [0.15, 0.2) is 34.5 Å². The molecular weight excluding hydrogens is 356 g/mol. The number of hydrogen-bond acceptors (Lipinski definition) is 1. The maximum atomic E-state index is 5.09. The Morgan fingerprint density at radius 2 is 1.89 bits per heavy atom. The van der Waals surface area contributed by atoms with Gasteiger partial charge in [-0.25, -0.2) is 0 Å². The zero-order chi connectivity index (χ0) is 13.4. The van der Waals surface area contributed by atoms with Crippen LogP contribution in [0.25, 0.3) is 0 Å². The molecule has 0 amide bonds. The van der Waals surface area contributed by atoms with Gasteiger partial charge in [0.15, 0.2) is 22.0 Å². The summed E-state index contributed by atoms with van der Waals surface area (Å²) in [4.78, 5) is 0. The van der Waals surface area contributed by atoms with Crippen molar-refractivity contribution in [2.75, 3.05) is 0 Å². The summed E-state index contributed by atoms with van der Waals surface area (Å²) in [5.41, 5.74) is 1.13. The largest absolute Gasteiger partial charge is 0.417 e. The van der Waals surface area contributed by atoms with Crippen LogP contribution in [0.2, 0.25) is 0 Å². The lowest BCUT2D eigenvalue weighted by atomic mass is 9.90. The third-order valence-electron chi connectivity index (χ3n) is 3.38. The topological polar surface area (TPSA) is 9.23 Å². The molecular formula is C15H22Br2O. The fourth-order valence-corrected chi connectivity index (χ4v) is 3.18. The fraction of sp³-hybridized carbons (Fsp3) is 0.600. The van der Waals surface area contributed by atoms with Gasteiger partial charge in [0.05, 0.1) is 4.48 Å². The van der Waals surface area contributed by atoms with Gasteiger partial charge in [0, 0.05) is 5.92 Å². The van der Waals surface area contributed by atoms with E-state index in [4.69, 9.17) is 3.83 Å². The summed E-state index contributed by atoms with van der Waals surface area (Å²) in [6, 6.07) is 0. The van der Waals surface area contributed by atoms with E-state index in [0.29, 0.717) is 5.92 Å². The van der Waals surface area contributed by atoms with Crippen LogP contribution < -0.4 is 0 Å². The molecule has 1 rings (SSSR count). The lowest BCUT2D eigenvalue weighted by Gasteiger charge is -2.20. The Hall–Kier alpha value is -0.0200. The average molecular weight is 378 g/mol. The maximum Gasteiger partial charge on any atom is 0.179 e. The number of unbranched alkanes of at least 4 members (excludes halogenated alkanes) is 5. The van der Waals surface area contributed by atoms with Crippen molar-refractivity contribution in [2.45, 2.75) is 51.9 Å². The zero-order valence-corrected chi connectivity index (χ0v) is 14.2. The van der Waals surface area contributed by atoms with E-state index in [9.17, 15) is 0 Å². The quantitative estimate of drug-likeness (QED) is 0.444. The smallest absolute Gasteiger partial charge is 0.179 e. The number of halogens is 2. The molecule has 1 aliphatic rings. The Bertz CT molecular complexity index is 331. The minimum atomic E-state index is 0.456. The van der Waals surface area contributed by atoms with Crippen molar-refractivity contribution in [3.63, 3.8) is 0 Å². The predicted molar refractivity (Wildman–Crippen MR) is 85.7 cm³/mol. The highest BCUT2D eigenvalue weighted by Gasteiger charge is 2.19. The van der Waals surface area contributed by atoms with Crippen molar-refractivity contribution < 1.29 is 3.83 Å². The molecule has 0 N–H and O–H groups in total. The van der Waals surface area contributed by atoms with E-state index in [-0.39, 0.29) is 0 Å². The van der Waals surface area contributed by atoms with E-state index < -0.39 is 0 Å². The first-order valence-electron chi connectivity index (χ1n) is 6.76. The third-order valence-corrected chi connectivity index (χ3v) is 4.63. The predicted octanol–water partition coefficient (Wildman–Crippen LogP) is 6.41. The van der Waals surface area contributed by atoms with E-state index in [1.807, 2.05) is 6.08 Å². The Kier molecular flexibility index (Phi) is 8.00. The standard InChI is InChI=1S/C15H22Br2O/c1-3-4-5-6-7-8-9-13-10-11-14(18-17)15(16)12(13)2/h10-11,13H,2-9H2,1H3. The van der Waals surface area contributed by atoms with Gasteiger partial charge < -0.3 is 3.83 Å². The minimum absolute atomic E-state index is 0.456. The van der Waals surface area contributed by atoms with Crippen LogP contribution >= 0.6 is 32.2 Å². The Morgan fingerprint density at radius 1 is 1.22 bits per heavy atom. The molecule has 0 bridgehead atoms. The van der Waals surface area contributed by atoms with Crippen LogP contribution in [-0.2, 0) is 3.83 Å². The maximum absolute atomic E-state index is 5.09.